The zero-order chi connectivity index (χ0) is 13.6. The Morgan fingerprint density at radius 1 is 1.28 bits per heavy atom. The van der Waals surface area contributed by atoms with Gasteiger partial charge < -0.3 is 15.1 Å². The summed E-state index contributed by atoms with van der Waals surface area (Å²) in [6, 6.07) is 7.80. The molecular formula is C10H15N2O5P. The van der Waals surface area contributed by atoms with E-state index in [1.165, 1.54) is 0 Å². The molecule has 0 heterocycles. The average molecular weight is 274 g/mol. The van der Waals surface area contributed by atoms with Crippen LogP contribution < -0.4 is 5.32 Å². The summed E-state index contributed by atoms with van der Waals surface area (Å²) in [5, 5.41) is 12.2. The van der Waals surface area contributed by atoms with Crippen LogP contribution in [0.2, 0.25) is 0 Å². The Kier molecular flexibility index (Phi) is 5.30. The average Bonchev–Trinajstić information content (AvgIpc) is 2.28. The molecule has 1 rings (SSSR count). The van der Waals surface area contributed by atoms with Crippen molar-refractivity contribution >= 4 is 19.3 Å². The Bertz CT molecular complexity index is 433. The monoisotopic (exact) mass is 274 g/mol. The number of carbonyl (C=O) groups excluding carboxylic acids is 1. The van der Waals surface area contributed by atoms with Crippen LogP contribution in [0.5, 0.6) is 0 Å². The molecule has 0 bridgehead atoms. The Morgan fingerprint density at radius 2 is 1.89 bits per heavy atom. The normalized spacial score (nSPS) is 11.1. The molecule has 1 aromatic rings. The molecule has 7 nitrogen and oxygen atoms in total. The first-order valence-corrected chi connectivity index (χ1v) is 7.05. The molecule has 18 heavy (non-hydrogen) atoms. The molecule has 1 aromatic carbocycles. The second-order valence-corrected chi connectivity index (χ2v) is 5.44. The van der Waals surface area contributed by atoms with E-state index in [0.717, 1.165) is 0 Å². The first-order chi connectivity index (χ1) is 8.38. The van der Waals surface area contributed by atoms with Crippen LogP contribution in [0.3, 0.4) is 0 Å². The van der Waals surface area contributed by atoms with Gasteiger partial charge in [0.05, 0.1) is 12.7 Å². The van der Waals surface area contributed by atoms with Gasteiger partial charge in [-0.25, -0.2) is 9.86 Å². The Balaban J connectivity index is 2.36. The van der Waals surface area contributed by atoms with Crippen LogP contribution >= 0.6 is 7.60 Å². The highest BCUT2D eigenvalue weighted by atomic mass is 31.2. The van der Waals surface area contributed by atoms with Crippen molar-refractivity contribution in [2.75, 3.05) is 18.0 Å². The number of amides is 2. The van der Waals surface area contributed by atoms with Crippen LogP contribution in [0.4, 0.5) is 10.5 Å². The molecule has 0 radical (unpaired) electrons. The number of rotatable bonds is 5. The van der Waals surface area contributed by atoms with Gasteiger partial charge in [0.1, 0.15) is 0 Å². The van der Waals surface area contributed by atoms with Crippen molar-refractivity contribution in [1.29, 1.82) is 0 Å². The predicted molar refractivity (Wildman–Crippen MR) is 65.5 cm³/mol. The molecule has 8 heteroatoms. The number of anilines is 1. The highest BCUT2D eigenvalue weighted by Crippen LogP contribution is 2.34. The standard InChI is InChI=1S/C10H15N2O5P/c13-10(11-9-5-2-1-3-6-9)12(14)7-4-8-18(15,16)17/h1-3,5-6,14H,4,7-8H2,(H,11,13)(H2,15,16,17). The van der Waals surface area contributed by atoms with Gasteiger partial charge in [0, 0.05) is 5.69 Å². The van der Waals surface area contributed by atoms with Gasteiger partial charge in [-0.3, -0.25) is 9.77 Å². The van der Waals surface area contributed by atoms with E-state index >= 15 is 0 Å². The van der Waals surface area contributed by atoms with Crippen LogP contribution in [0, 0.1) is 0 Å². The smallest absolute Gasteiger partial charge is 0.324 e. The summed E-state index contributed by atoms with van der Waals surface area (Å²) in [5.41, 5.74) is 0.525. The lowest BCUT2D eigenvalue weighted by molar-refractivity contribution is -0.0368. The van der Waals surface area contributed by atoms with E-state index in [1.807, 2.05) is 0 Å². The molecular weight excluding hydrogens is 259 g/mol. The van der Waals surface area contributed by atoms with Crippen molar-refractivity contribution in [3.05, 3.63) is 30.3 Å². The molecule has 0 unspecified atom stereocenters. The van der Waals surface area contributed by atoms with Gasteiger partial charge in [0.2, 0.25) is 0 Å². The number of hydroxylamine groups is 2. The number of hydrogen-bond donors (Lipinski definition) is 4. The lowest BCUT2D eigenvalue weighted by Crippen LogP contribution is -2.33. The molecule has 0 saturated carbocycles. The van der Waals surface area contributed by atoms with Crippen LogP contribution in [-0.4, -0.2) is 38.8 Å². The number of nitrogens with zero attached hydrogens (tertiary/aromatic N) is 1. The zero-order valence-corrected chi connectivity index (χ0v) is 10.5. The third-order valence-electron chi connectivity index (χ3n) is 2.08. The minimum Gasteiger partial charge on any atom is -0.324 e. The van der Waals surface area contributed by atoms with Crippen molar-refractivity contribution in [3.63, 3.8) is 0 Å². The quantitative estimate of drug-likeness (QED) is 0.369. The van der Waals surface area contributed by atoms with E-state index in [9.17, 15) is 14.6 Å². The van der Waals surface area contributed by atoms with E-state index in [1.54, 1.807) is 30.3 Å². The van der Waals surface area contributed by atoms with Gasteiger partial charge in [-0.05, 0) is 18.6 Å². The summed E-state index contributed by atoms with van der Waals surface area (Å²) in [6.45, 7) is -0.149. The van der Waals surface area contributed by atoms with Gasteiger partial charge >= 0.3 is 13.6 Å². The lowest BCUT2D eigenvalue weighted by atomic mass is 10.3. The predicted octanol–water partition coefficient (Wildman–Crippen LogP) is 1.48. The number of hydrogen-bond acceptors (Lipinski definition) is 3. The zero-order valence-electron chi connectivity index (χ0n) is 9.56. The lowest BCUT2D eigenvalue weighted by Gasteiger charge is -2.15. The molecule has 0 aromatic heterocycles. The molecule has 0 aliphatic rings. The van der Waals surface area contributed by atoms with E-state index in [0.29, 0.717) is 10.8 Å². The first-order valence-electron chi connectivity index (χ1n) is 5.25. The highest BCUT2D eigenvalue weighted by molar-refractivity contribution is 7.51. The van der Waals surface area contributed by atoms with Crippen molar-refractivity contribution in [2.45, 2.75) is 6.42 Å². The van der Waals surface area contributed by atoms with Crippen molar-refractivity contribution in [2.24, 2.45) is 0 Å². The van der Waals surface area contributed by atoms with Crippen molar-refractivity contribution in [1.82, 2.24) is 5.06 Å². The van der Waals surface area contributed by atoms with E-state index in [2.05, 4.69) is 5.32 Å². The maximum atomic E-state index is 11.4. The van der Waals surface area contributed by atoms with Gasteiger partial charge in [-0.1, -0.05) is 18.2 Å². The Labute approximate surface area is 104 Å². The van der Waals surface area contributed by atoms with Gasteiger partial charge in [0.25, 0.3) is 0 Å². The Hall–Kier alpha value is -1.40. The fraction of sp³-hybridized carbons (Fsp3) is 0.300. The third kappa shape index (κ3) is 5.79. The van der Waals surface area contributed by atoms with Gasteiger partial charge in [-0.2, -0.15) is 0 Å². The fourth-order valence-corrected chi connectivity index (χ4v) is 1.79. The number of urea groups is 1. The molecule has 0 atom stereocenters. The summed E-state index contributed by atoms with van der Waals surface area (Å²) in [4.78, 5) is 28.7. The largest absolute Gasteiger partial charge is 0.345 e. The third-order valence-corrected chi connectivity index (χ3v) is 2.98. The summed E-state index contributed by atoms with van der Waals surface area (Å²) < 4.78 is 10.6. The molecule has 4 N–H and O–H groups in total. The fourth-order valence-electron chi connectivity index (χ4n) is 1.24. The number of benzene rings is 1. The van der Waals surface area contributed by atoms with E-state index < -0.39 is 13.6 Å². The van der Waals surface area contributed by atoms with Gasteiger partial charge in [-0.15, -0.1) is 0 Å². The highest BCUT2D eigenvalue weighted by Gasteiger charge is 2.15. The number of carbonyl (C=O) groups is 1. The maximum Gasteiger partial charge on any atom is 0.345 e. The molecule has 0 spiro atoms. The summed E-state index contributed by atoms with van der Waals surface area (Å²) in [7, 11) is -4.09. The molecule has 0 saturated heterocycles. The Morgan fingerprint density at radius 3 is 2.44 bits per heavy atom. The van der Waals surface area contributed by atoms with E-state index in [-0.39, 0.29) is 19.1 Å². The number of nitrogens with one attached hydrogen (secondary N) is 1. The molecule has 0 aliphatic carbocycles. The SMILES string of the molecule is O=C(Nc1ccccc1)N(O)CCCP(=O)(O)O. The van der Waals surface area contributed by atoms with Crippen molar-refractivity contribution in [3.8, 4) is 0 Å². The molecule has 0 aliphatic heterocycles. The van der Waals surface area contributed by atoms with Crippen molar-refractivity contribution < 1.29 is 24.4 Å². The second-order valence-electron chi connectivity index (χ2n) is 3.66. The summed E-state index contributed by atoms with van der Waals surface area (Å²) >= 11 is 0. The minimum absolute atomic E-state index is 0.0169. The van der Waals surface area contributed by atoms with Crippen LogP contribution in [0.15, 0.2) is 30.3 Å². The molecule has 2 amide bonds. The molecule has 0 fully saturated rings. The summed E-state index contributed by atoms with van der Waals surface area (Å²) in [6.07, 6.45) is -0.355. The molecule has 100 valence electrons. The van der Waals surface area contributed by atoms with Crippen LogP contribution in [-0.2, 0) is 4.57 Å². The minimum atomic E-state index is -4.09. The first kappa shape index (κ1) is 14.7. The van der Waals surface area contributed by atoms with Crippen LogP contribution in [0.1, 0.15) is 6.42 Å². The second kappa shape index (κ2) is 6.51. The maximum absolute atomic E-state index is 11.4. The van der Waals surface area contributed by atoms with E-state index in [4.69, 9.17) is 9.79 Å². The topological polar surface area (TPSA) is 110 Å². The number of para-hydroxylation sites is 1. The van der Waals surface area contributed by atoms with Crippen LogP contribution in [0.25, 0.3) is 0 Å². The summed E-state index contributed by atoms with van der Waals surface area (Å²) in [5.74, 6) is 0. The van der Waals surface area contributed by atoms with Gasteiger partial charge in [0.15, 0.2) is 0 Å².